The highest BCUT2D eigenvalue weighted by atomic mass is 16.5. The van der Waals surface area contributed by atoms with Crippen LogP contribution in [0.25, 0.3) is 0 Å². The number of carbonyl (C=O) groups is 2. The molecular weight excluding hydrogens is 320 g/mol. The molecule has 1 amide bonds. The van der Waals surface area contributed by atoms with Gasteiger partial charge in [0, 0.05) is 6.54 Å². The topological polar surface area (TPSA) is 90.7 Å². The van der Waals surface area contributed by atoms with Gasteiger partial charge in [-0.15, -0.1) is 0 Å². The Morgan fingerprint density at radius 1 is 1.28 bits per heavy atom. The molecule has 1 aromatic rings. The number of nitrogens with two attached hydrogens (primary N) is 1. The molecule has 1 unspecified atom stereocenters. The molecule has 1 aliphatic rings. The standard InChI is InChI=1S/C19H28N2O4/c1-12(2)24-18(22)10-16(14-6-4-13(3)5-7-14)21-19(23)17-9-8-15(11-20)25-17/h4-7,12,15-17H,8-11,20H2,1-3H3,(H,21,23)/t15-,16?,17+/m1/s1. The van der Waals surface area contributed by atoms with E-state index in [1.165, 1.54) is 0 Å². The monoisotopic (exact) mass is 348 g/mol. The summed E-state index contributed by atoms with van der Waals surface area (Å²) in [5.41, 5.74) is 7.58. The van der Waals surface area contributed by atoms with Crippen LogP contribution in [-0.2, 0) is 19.1 Å². The van der Waals surface area contributed by atoms with Crippen molar-refractivity contribution in [3.63, 3.8) is 0 Å². The van der Waals surface area contributed by atoms with E-state index >= 15 is 0 Å². The highest BCUT2D eigenvalue weighted by Crippen LogP contribution is 2.23. The SMILES string of the molecule is Cc1ccc(C(CC(=O)OC(C)C)NC(=O)[C@@H]2CC[C@H](CN)O2)cc1. The average Bonchev–Trinajstić information content (AvgIpc) is 3.03. The van der Waals surface area contributed by atoms with Gasteiger partial charge in [-0.25, -0.2) is 0 Å². The van der Waals surface area contributed by atoms with Crippen LogP contribution >= 0.6 is 0 Å². The number of carbonyl (C=O) groups excluding carboxylic acids is 2. The van der Waals surface area contributed by atoms with Crippen molar-refractivity contribution < 1.29 is 19.1 Å². The van der Waals surface area contributed by atoms with Crippen molar-refractivity contribution in [2.45, 2.75) is 64.4 Å². The first kappa shape index (κ1) is 19.4. The molecule has 3 N–H and O–H groups in total. The van der Waals surface area contributed by atoms with E-state index in [9.17, 15) is 9.59 Å². The summed E-state index contributed by atoms with van der Waals surface area (Å²) in [6, 6.07) is 7.31. The molecule has 1 aromatic carbocycles. The van der Waals surface area contributed by atoms with Crippen LogP contribution in [0, 0.1) is 6.92 Å². The Morgan fingerprint density at radius 2 is 1.96 bits per heavy atom. The minimum Gasteiger partial charge on any atom is -0.463 e. The van der Waals surface area contributed by atoms with Crippen LogP contribution in [0.4, 0.5) is 0 Å². The molecule has 25 heavy (non-hydrogen) atoms. The molecule has 0 radical (unpaired) electrons. The Morgan fingerprint density at radius 3 is 2.52 bits per heavy atom. The lowest BCUT2D eigenvalue weighted by Crippen LogP contribution is -2.38. The number of hydrogen-bond donors (Lipinski definition) is 2. The summed E-state index contributed by atoms with van der Waals surface area (Å²) in [5, 5.41) is 2.94. The Balaban J connectivity index is 2.07. The second kappa shape index (κ2) is 8.97. The van der Waals surface area contributed by atoms with Gasteiger partial charge < -0.3 is 20.5 Å². The quantitative estimate of drug-likeness (QED) is 0.736. The zero-order valence-corrected chi connectivity index (χ0v) is 15.2. The predicted octanol–water partition coefficient (Wildman–Crippen LogP) is 2.00. The largest absolute Gasteiger partial charge is 0.463 e. The lowest BCUT2D eigenvalue weighted by Gasteiger charge is -2.21. The Labute approximate surface area is 149 Å². The van der Waals surface area contributed by atoms with Crippen LogP contribution in [0.2, 0.25) is 0 Å². The van der Waals surface area contributed by atoms with Crippen molar-refractivity contribution in [2.24, 2.45) is 5.73 Å². The number of hydrogen-bond acceptors (Lipinski definition) is 5. The lowest BCUT2D eigenvalue weighted by molar-refractivity contribution is -0.148. The van der Waals surface area contributed by atoms with Crippen LogP contribution in [0.1, 0.15) is 50.3 Å². The Kier molecular flexibility index (Phi) is 6.96. The maximum atomic E-state index is 12.5. The summed E-state index contributed by atoms with van der Waals surface area (Å²) in [4.78, 5) is 24.6. The summed E-state index contributed by atoms with van der Waals surface area (Å²) in [6.07, 6.45) is 0.733. The molecule has 1 heterocycles. The maximum Gasteiger partial charge on any atom is 0.308 e. The smallest absolute Gasteiger partial charge is 0.308 e. The summed E-state index contributed by atoms with van der Waals surface area (Å²) >= 11 is 0. The zero-order chi connectivity index (χ0) is 18.4. The maximum absolute atomic E-state index is 12.5. The number of esters is 1. The third-order valence-electron chi connectivity index (χ3n) is 4.20. The van der Waals surface area contributed by atoms with E-state index in [2.05, 4.69) is 5.32 Å². The summed E-state index contributed by atoms with van der Waals surface area (Å²) in [6.45, 7) is 6.00. The number of ether oxygens (including phenoxy) is 2. The highest BCUT2D eigenvalue weighted by Gasteiger charge is 2.31. The third-order valence-corrected chi connectivity index (χ3v) is 4.20. The summed E-state index contributed by atoms with van der Waals surface area (Å²) < 4.78 is 10.9. The molecule has 1 aliphatic heterocycles. The van der Waals surface area contributed by atoms with E-state index in [4.69, 9.17) is 15.2 Å². The molecule has 0 saturated carbocycles. The number of nitrogens with one attached hydrogen (secondary N) is 1. The van der Waals surface area contributed by atoms with Gasteiger partial charge in [-0.05, 0) is 39.2 Å². The fourth-order valence-electron chi connectivity index (χ4n) is 2.87. The van der Waals surface area contributed by atoms with Crippen LogP contribution in [-0.4, -0.2) is 36.7 Å². The molecule has 3 atom stereocenters. The normalized spacial score (nSPS) is 21.2. The van der Waals surface area contributed by atoms with Crippen molar-refractivity contribution >= 4 is 11.9 Å². The Bertz CT molecular complexity index is 586. The molecule has 6 nitrogen and oxygen atoms in total. The number of benzene rings is 1. The molecule has 138 valence electrons. The first-order chi connectivity index (χ1) is 11.9. The summed E-state index contributed by atoms with van der Waals surface area (Å²) in [7, 11) is 0. The van der Waals surface area contributed by atoms with Crippen molar-refractivity contribution in [1.82, 2.24) is 5.32 Å². The van der Waals surface area contributed by atoms with Crippen LogP contribution in [0.5, 0.6) is 0 Å². The molecule has 6 heteroatoms. The van der Waals surface area contributed by atoms with Gasteiger partial charge in [-0.1, -0.05) is 29.8 Å². The van der Waals surface area contributed by atoms with Crippen molar-refractivity contribution in [3.8, 4) is 0 Å². The molecule has 0 spiro atoms. The van der Waals surface area contributed by atoms with Crippen LogP contribution < -0.4 is 11.1 Å². The first-order valence-corrected chi connectivity index (χ1v) is 8.81. The van der Waals surface area contributed by atoms with Crippen molar-refractivity contribution in [1.29, 1.82) is 0 Å². The fourth-order valence-corrected chi connectivity index (χ4v) is 2.87. The van der Waals surface area contributed by atoms with Crippen molar-refractivity contribution in [3.05, 3.63) is 35.4 Å². The van der Waals surface area contributed by atoms with Gasteiger partial charge in [0.05, 0.1) is 24.7 Å². The number of aryl methyl sites for hydroxylation is 1. The van der Waals surface area contributed by atoms with Gasteiger partial charge >= 0.3 is 5.97 Å². The number of rotatable bonds is 7. The first-order valence-electron chi connectivity index (χ1n) is 8.81. The van der Waals surface area contributed by atoms with E-state index < -0.39 is 12.1 Å². The fraction of sp³-hybridized carbons (Fsp3) is 0.579. The third kappa shape index (κ3) is 5.83. The van der Waals surface area contributed by atoms with E-state index in [0.29, 0.717) is 13.0 Å². The molecule has 0 aromatic heterocycles. The van der Waals surface area contributed by atoms with E-state index in [-0.39, 0.29) is 30.5 Å². The van der Waals surface area contributed by atoms with Gasteiger partial charge in [-0.2, -0.15) is 0 Å². The molecule has 1 saturated heterocycles. The van der Waals surface area contributed by atoms with Gasteiger partial charge in [0.2, 0.25) is 5.91 Å². The van der Waals surface area contributed by atoms with Gasteiger partial charge in [0.15, 0.2) is 0 Å². The second-order valence-electron chi connectivity index (χ2n) is 6.77. The Hall–Kier alpha value is -1.92. The highest BCUT2D eigenvalue weighted by molar-refractivity contribution is 5.82. The minimum absolute atomic E-state index is 0.0699. The molecule has 0 aliphatic carbocycles. The lowest BCUT2D eigenvalue weighted by atomic mass is 10.0. The molecular formula is C19H28N2O4. The van der Waals surface area contributed by atoms with Gasteiger partial charge in [0.25, 0.3) is 0 Å². The number of amides is 1. The van der Waals surface area contributed by atoms with Crippen molar-refractivity contribution in [2.75, 3.05) is 6.54 Å². The predicted molar refractivity (Wildman–Crippen MR) is 94.9 cm³/mol. The molecule has 1 fully saturated rings. The zero-order valence-electron chi connectivity index (χ0n) is 15.2. The molecule has 2 rings (SSSR count). The van der Waals surface area contributed by atoms with E-state index in [1.807, 2.05) is 31.2 Å². The second-order valence-corrected chi connectivity index (χ2v) is 6.77. The van der Waals surface area contributed by atoms with E-state index in [1.54, 1.807) is 13.8 Å². The average molecular weight is 348 g/mol. The summed E-state index contributed by atoms with van der Waals surface area (Å²) in [5.74, 6) is -0.549. The van der Waals surface area contributed by atoms with Crippen LogP contribution in [0.3, 0.4) is 0 Å². The van der Waals surface area contributed by atoms with Gasteiger partial charge in [-0.3, -0.25) is 9.59 Å². The van der Waals surface area contributed by atoms with Gasteiger partial charge in [0.1, 0.15) is 6.10 Å². The minimum atomic E-state index is -0.511. The van der Waals surface area contributed by atoms with E-state index in [0.717, 1.165) is 17.5 Å². The van der Waals surface area contributed by atoms with Crippen LogP contribution in [0.15, 0.2) is 24.3 Å². The molecule has 0 bridgehead atoms.